The molecule has 26 heavy (non-hydrogen) atoms. The molecule has 0 saturated carbocycles. The van der Waals surface area contributed by atoms with Gasteiger partial charge in [-0.2, -0.15) is 0 Å². The maximum Gasteiger partial charge on any atom is 0.235 e. The van der Waals surface area contributed by atoms with Crippen LogP contribution in [0.3, 0.4) is 0 Å². The Morgan fingerprint density at radius 2 is 1.73 bits per heavy atom. The molecule has 0 aromatic heterocycles. The summed E-state index contributed by atoms with van der Waals surface area (Å²) in [5.41, 5.74) is 2.13. The molecule has 0 spiro atoms. The Bertz CT molecular complexity index is 865. The van der Waals surface area contributed by atoms with E-state index in [0.717, 1.165) is 12.0 Å². The Labute approximate surface area is 152 Å². The summed E-state index contributed by atoms with van der Waals surface area (Å²) in [4.78, 5) is 12.1. The third-order valence-electron chi connectivity index (χ3n) is 4.34. The van der Waals surface area contributed by atoms with Crippen LogP contribution in [0, 0.1) is 5.82 Å². The van der Waals surface area contributed by atoms with Gasteiger partial charge in [-0.15, -0.1) is 0 Å². The number of hydrogen-bond acceptors (Lipinski definition) is 3. The van der Waals surface area contributed by atoms with Gasteiger partial charge >= 0.3 is 0 Å². The van der Waals surface area contributed by atoms with E-state index in [4.69, 9.17) is 0 Å². The lowest BCUT2D eigenvalue weighted by Gasteiger charge is -2.28. The number of nitrogens with zero attached hydrogens (tertiary/aromatic N) is 1. The van der Waals surface area contributed by atoms with Crippen LogP contribution < -0.4 is 9.62 Å². The average Bonchev–Trinajstić information content (AvgIpc) is 2.62. The standard InChI is InChI=1S/C19H21FN2O3S/c20-16-6-3-15(4-7-16)5-12-19(23)21-17-8-10-18(11-9-17)22-13-1-2-14-26(22,24)25/h3-4,6-11H,1-2,5,12-14H2,(H,21,23). The van der Waals surface area contributed by atoms with E-state index in [-0.39, 0.29) is 23.9 Å². The molecule has 1 amide bonds. The summed E-state index contributed by atoms with van der Waals surface area (Å²) >= 11 is 0. The van der Waals surface area contributed by atoms with E-state index >= 15 is 0 Å². The van der Waals surface area contributed by atoms with Crippen LogP contribution in [0.1, 0.15) is 24.8 Å². The van der Waals surface area contributed by atoms with Crippen molar-refractivity contribution in [1.29, 1.82) is 0 Å². The smallest absolute Gasteiger partial charge is 0.235 e. The SMILES string of the molecule is O=C(CCc1ccc(F)cc1)Nc1ccc(N2CCCCS2(=O)=O)cc1. The molecule has 1 N–H and O–H groups in total. The van der Waals surface area contributed by atoms with Crippen molar-refractivity contribution in [2.45, 2.75) is 25.7 Å². The number of sulfonamides is 1. The number of benzene rings is 2. The fraction of sp³-hybridized carbons (Fsp3) is 0.316. The fourth-order valence-corrected chi connectivity index (χ4v) is 4.56. The van der Waals surface area contributed by atoms with Crippen molar-refractivity contribution < 1.29 is 17.6 Å². The van der Waals surface area contributed by atoms with Crippen LogP contribution in [0.15, 0.2) is 48.5 Å². The first kappa shape index (κ1) is 18.4. The van der Waals surface area contributed by atoms with Gasteiger partial charge in [-0.05, 0) is 61.2 Å². The van der Waals surface area contributed by atoms with E-state index in [9.17, 15) is 17.6 Å². The fourth-order valence-electron chi connectivity index (χ4n) is 2.92. The summed E-state index contributed by atoms with van der Waals surface area (Å²) < 4.78 is 38.5. The molecule has 1 aliphatic heterocycles. The van der Waals surface area contributed by atoms with Crippen molar-refractivity contribution in [2.75, 3.05) is 21.9 Å². The van der Waals surface area contributed by atoms with Gasteiger partial charge in [-0.3, -0.25) is 9.10 Å². The number of aryl methyl sites for hydroxylation is 1. The molecule has 0 aliphatic carbocycles. The van der Waals surface area contributed by atoms with Crippen molar-refractivity contribution in [1.82, 2.24) is 0 Å². The Morgan fingerprint density at radius 1 is 1.04 bits per heavy atom. The molecule has 2 aromatic rings. The number of amides is 1. The molecule has 0 unspecified atom stereocenters. The summed E-state index contributed by atoms with van der Waals surface area (Å²) in [6.07, 6.45) is 2.35. The van der Waals surface area contributed by atoms with Gasteiger partial charge in [0.25, 0.3) is 0 Å². The summed E-state index contributed by atoms with van der Waals surface area (Å²) in [7, 11) is -3.24. The van der Waals surface area contributed by atoms with Crippen LogP contribution in [0.4, 0.5) is 15.8 Å². The Morgan fingerprint density at radius 3 is 2.38 bits per heavy atom. The zero-order chi connectivity index (χ0) is 18.6. The highest BCUT2D eigenvalue weighted by molar-refractivity contribution is 7.92. The average molecular weight is 376 g/mol. The van der Waals surface area contributed by atoms with Crippen molar-refractivity contribution in [3.05, 3.63) is 59.9 Å². The summed E-state index contributed by atoms with van der Waals surface area (Å²) in [6, 6.07) is 12.9. The molecule has 0 atom stereocenters. The molecule has 2 aromatic carbocycles. The number of anilines is 2. The lowest BCUT2D eigenvalue weighted by molar-refractivity contribution is -0.116. The van der Waals surface area contributed by atoms with Crippen LogP contribution in [0.2, 0.25) is 0 Å². The number of nitrogens with one attached hydrogen (secondary N) is 1. The molecule has 0 bridgehead atoms. The monoisotopic (exact) mass is 376 g/mol. The van der Waals surface area contributed by atoms with Gasteiger partial charge in [0.2, 0.25) is 15.9 Å². The van der Waals surface area contributed by atoms with Crippen LogP contribution in [0.25, 0.3) is 0 Å². The molecule has 1 aliphatic rings. The molecule has 5 nitrogen and oxygen atoms in total. The van der Waals surface area contributed by atoms with E-state index in [1.165, 1.54) is 16.4 Å². The third-order valence-corrected chi connectivity index (χ3v) is 6.21. The minimum absolute atomic E-state index is 0.146. The van der Waals surface area contributed by atoms with E-state index in [0.29, 0.717) is 30.8 Å². The minimum Gasteiger partial charge on any atom is -0.326 e. The van der Waals surface area contributed by atoms with Crippen LogP contribution in [-0.4, -0.2) is 26.6 Å². The molecule has 1 heterocycles. The molecule has 3 rings (SSSR count). The topological polar surface area (TPSA) is 66.5 Å². The maximum atomic E-state index is 12.9. The number of carbonyl (C=O) groups is 1. The van der Waals surface area contributed by atoms with Crippen LogP contribution in [0.5, 0.6) is 0 Å². The van der Waals surface area contributed by atoms with E-state index < -0.39 is 10.0 Å². The quantitative estimate of drug-likeness (QED) is 0.870. The Balaban J connectivity index is 1.56. The summed E-state index contributed by atoms with van der Waals surface area (Å²) in [6.45, 7) is 0.492. The largest absolute Gasteiger partial charge is 0.326 e. The van der Waals surface area contributed by atoms with E-state index in [1.807, 2.05) is 0 Å². The number of rotatable bonds is 5. The molecule has 1 saturated heterocycles. The Kier molecular flexibility index (Phi) is 5.56. The van der Waals surface area contributed by atoms with Gasteiger partial charge in [0.15, 0.2) is 0 Å². The lowest BCUT2D eigenvalue weighted by Crippen LogP contribution is -2.37. The van der Waals surface area contributed by atoms with Gasteiger partial charge < -0.3 is 5.32 Å². The highest BCUT2D eigenvalue weighted by Gasteiger charge is 2.25. The number of hydrogen-bond donors (Lipinski definition) is 1. The lowest BCUT2D eigenvalue weighted by atomic mass is 10.1. The van der Waals surface area contributed by atoms with Crippen LogP contribution >= 0.6 is 0 Å². The molecule has 0 radical (unpaired) electrons. The predicted molar refractivity (Wildman–Crippen MR) is 100 cm³/mol. The van der Waals surface area contributed by atoms with Crippen molar-refractivity contribution in [3.63, 3.8) is 0 Å². The molecule has 1 fully saturated rings. The normalized spacial score (nSPS) is 16.3. The van der Waals surface area contributed by atoms with Gasteiger partial charge in [0.1, 0.15) is 5.82 Å². The second-order valence-electron chi connectivity index (χ2n) is 6.32. The first-order valence-electron chi connectivity index (χ1n) is 8.59. The first-order valence-corrected chi connectivity index (χ1v) is 10.2. The second kappa shape index (κ2) is 7.86. The Hall–Kier alpha value is -2.41. The molecule has 138 valence electrons. The van der Waals surface area contributed by atoms with Crippen molar-refractivity contribution in [3.8, 4) is 0 Å². The number of halogens is 1. The summed E-state index contributed by atoms with van der Waals surface area (Å²) in [5.74, 6) is -0.267. The van der Waals surface area contributed by atoms with Crippen molar-refractivity contribution in [2.24, 2.45) is 0 Å². The van der Waals surface area contributed by atoms with Gasteiger partial charge in [-0.25, -0.2) is 12.8 Å². The van der Waals surface area contributed by atoms with Crippen LogP contribution in [-0.2, 0) is 21.2 Å². The molecular weight excluding hydrogens is 355 g/mol. The highest BCUT2D eigenvalue weighted by Crippen LogP contribution is 2.25. The first-order chi connectivity index (χ1) is 12.4. The highest BCUT2D eigenvalue weighted by atomic mass is 32.2. The van der Waals surface area contributed by atoms with E-state index in [2.05, 4.69) is 5.32 Å². The van der Waals surface area contributed by atoms with Gasteiger partial charge in [-0.1, -0.05) is 12.1 Å². The molecular formula is C19H21FN2O3S. The zero-order valence-electron chi connectivity index (χ0n) is 14.3. The van der Waals surface area contributed by atoms with Gasteiger partial charge in [0.05, 0.1) is 11.4 Å². The van der Waals surface area contributed by atoms with Crippen molar-refractivity contribution >= 4 is 27.3 Å². The van der Waals surface area contributed by atoms with Gasteiger partial charge in [0, 0.05) is 18.7 Å². The van der Waals surface area contributed by atoms with E-state index in [1.54, 1.807) is 36.4 Å². The molecule has 7 heteroatoms. The maximum absolute atomic E-state index is 12.9. The summed E-state index contributed by atoms with van der Waals surface area (Å²) in [5, 5.41) is 2.79. The number of carbonyl (C=O) groups excluding carboxylic acids is 1. The predicted octanol–water partition coefficient (Wildman–Crippen LogP) is 3.33. The minimum atomic E-state index is -3.24. The third kappa shape index (κ3) is 4.60. The zero-order valence-corrected chi connectivity index (χ0v) is 15.1. The second-order valence-corrected chi connectivity index (χ2v) is 8.33.